The van der Waals surface area contributed by atoms with E-state index in [4.69, 9.17) is 5.73 Å². The van der Waals surface area contributed by atoms with Crippen LogP contribution in [-0.4, -0.2) is 10.2 Å². The van der Waals surface area contributed by atoms with Crippen molar-refractivity contribution in [2.24, 2.45) is 0 Å². The topological polar surface area (TPSA) is 51.8 Å². The third-order valence-electron chi connectivity index (χ3n) is 2.86. The highest BCUT2D eigenvalue weighted by Crippen LogP contribution is 2.28. The van der Waals surface area contributed by atoms with Crippen LogP contribution >= 0.6 is 0 Å². The molecule has 0 saturated heterocycles. The first kappa shape index (κ1) is 9.96. The summed E-state index contributed by atoms with van der Waals surface area (Å²) < 4.78 is 0. The van der Waals surface area contributed by atoms with Gasteiger partial charge in [0.2, 0.25) is 0 Å². The maximum atomic E-state index is 5.48. The largest absolute Gasteiger partial charge is 0.382 e. The second-order valence-electron chi connectivity index (χ2n) is 3.61. The fourth-order valence-electron chi connectivity index (χ4n) is 1.28. The van der Waals surface area contributed by atoms with E-state index in [1.807, 2.05) is 12.1 Å². The Morgan fingerprint density at radius 2 is 1.85 bits per heavy atom. The van der Waals surface area contributed by atoms with Gasteiger partial charge in [0.1, 0.15) is 5.82 Å². The minimum atomic E-state index is 0.140. The number of nitrogens with two attached hydrogens (primary N) is 1. The SMILES string of the molecule is CCC(C)(CC)c1ccc(N)nn1. The van der Waals surface area contributed by atoms with E-state index in [-0.39, 0.29) is 5.41 Å². The molecular formula is C10H17N3. The van der Waals surface area contributed by atoms with Crippen LogP contribution in [0.4, 0.5) is 5.82 Å². The first-order chi connectivity index (χ1) is 6.12. The summed E-state index contributed by atoms with van der Waals surface area (Å²) in [6, 6.07) is 3.78. The third-order valence-corrected chi connectivity index (χ3v) is 2.86. The van der Waals surface area contributed by atoms with Crippen LogP contribution in [0.25, 0.3) is 0 Å². The zero-order valence-electron chi connectivity index (χ0n) is 8.54. The Labute approximate surface area is 79.4 Å². The lowest BCUT2D eigenvalue weighted by atomic mass is 9.81. The van der Waals surface area contributed by atoms with E-state index in [1.165, 1.54) is 0 Å². The van der Waals surface area contributed by atoms with Crippen molar-refractivity contribution < 1.29 is 0 Å². The van der Waals surface area contributed by atoms with Gasteiger partial charge in [-0.15, -0.1) is 5.10 Å². The Kier molecular flexibility index (Phi) is 2.86. The van der Waals surface area contributed by atoms with Crippen molar-refractivity contribution in [1.82, 2.24) is 10.2 Å². The van der Waals surface area contributed by atoms with Gasteiger partial charge in [0, 0.05) is 5.41 Å². The van der Waals surface area contributed by atoms with E-state index >= 15 is 0 Å². The van der Waals surface area contributed by atoms with E-state index in [1.54, 1.807) is 0 Å². The fraction of sp³-hybridized carbons (Fsp3) is 0.600. The first-order valence-corrected chi connectivity index (χ1v) is 4.72. The smallest absolute Gasteiger partial charge is 0.146 e. The molecule has 1 aromatic rings. The monoisotopic (exact) mass is 179 g/mol. The Morgan fingerprint density at radius 1 is 1.23 bits per heavy atom. The van der Waals surface area contributed by atoms with Gasteiger partial charge in [-0.2, -0.15) is 5.10 Å². The lowest BCUT2D eigenvalue weighted by molar-refractivity contribution is 0.421. The van der Waals surface area contributed by atoms with Gasteiger partial charge < -0.3 is 5.73 Å². The molecule has 13 heavy (non-hydrogen) atoms. The van der Waals surface area contributed by atoms with E-state index in [9.17, 15) is 0 Å². The van der Waals surface area contributed by atoms with Gasteiger partial charge in [-0.1, -0.05) is 20.8 Å². The van der Waals surface area contributed by atoms with Gasteiger partial charge in [0.25, 0.3) is 0 Å². The second kappa shape index (κ2) is 3.73. The summed E-state index contributed by atoms with van der Waals surface area (Å²) >= 11 is 0. The lowest BCUT2D eigenvalue weighted by Gasteiger charge is -2.25. The minimum absolute atomic E-state index is 0.140. The maximum absolute atomic E-state index is 5.48. The minimum Gasteiger partial charge on any atom is -0.382 e. The lowest BCUT2D eigenvalue weighted by Crippen LogP contribution is -2.21. The van der Waals surface area contributed by atoms with Crippen LogP contribution in [0.1, 0.15) is 39.3 Å². The zero-order valence-corrected chi connectivity index (χ0v) is 8.54. The molecule has 0 bridgehead atoms. The summed E-state index contributed by atoms with van der Waals surface area (Å²) in [6.07, 6.45) is 2.14. The van der Waals surface area contributed by atoms with Crippen molar-refractivity contribution in [1.29, 1.82) is 0 Å². The predicted molar refractivity (Wildman–Crippen MR) is 54.4 cm³/mol. The third kappa shape index (κ3) is 1.97. The molecule has 0 aliphatic rings. The standard InChI is InChI=1S/C10H17N3/c1-4-10(3,5-2)8-6-7-9(11)13-12-8/h6-7H,4-5H2,1-3H3,(H2,11,13). The molecule has 2 N–H and O–H groups in total. The second-order valence-corrected chi connectivity index (χ2v) is 3.61. The van der Waals surface area contributed by atoms with Crippen molar-refractivity contribution in [3.8, 4) is 0 Å². The summed E-state index contributed by atoms with van der Waals surface area (Å²) in [6.45, 7) is 6.54. The molecule has 0 fully saturated rings. The molecule has 0 atom stereocenters. The van der Waals surface area contributed by atoms with Crippen LogP contribution in [0.3, 0.4) is 0 Å². The molecule has 0 amide bonds. The van der Waals surface area contributed by atoms with Crippen LogP contribution < -0.4 is 5.73 Å². The van der Waals surface area contributed by atoms with E-state index < -0.39 is 0 Å². The van der Waals surface area contributed by atoms with Crippen molar-refractivity contribution in [2.45, 2.75) is 39.0 Å². The van der Waals surface area contributed by atoms with Crippen molar-refractivity contribution >= 4 is 5.82 Å². The highest BCUT2D eigenvalue weighted by Gasteiger charge is 2.23. The molecule has 1 rings (SSSR count). The fourth-order valence-corrected chi connectivity index (χ4v) is 1.28. The number of hydrogen-bond donors (Lipinski definition) is 1. The van der Waals surface area contributed by atoms with Crippen molar-refractivity contribution in [3.63, 3.8) is 0 Å². The molecule has 1 aromatic heterocycles. The summed E-state index contributed by atoms with van der Waals surface area (Å²) in [5, 5.41) is 7.99. The summed E-state index contributed by atoms with van der Waals surface area (Å²) in [4.78, 5) is 0. The molecule has 0 unspecified atom stereocenters. The average Bonchev–Trinajstić information content (AvgIpc) is 2.18. The first-order valence-electron chi connectivity index (χ1n) is 4.72. The summed E-state index contributed by atoms with van der Waals surface area (Å²) in [5.41, 5.74) is 6.65. The van der Waals surface area contributed by atoms with Gasteiger partial charge in [0.05, 0.1) is 5.69 Å². The summed E-state index contributed by atoms with van der Waals surface area (Å²) in [5.74, 6) is 0.485. The number of nitrogen functional groups attached to an aromatic ring is 1. The Bertz CT molecular complexity index is 262. The van der Waals surface area contributed by atoms with Crippen molar-refractivity contribution in [2.75, 3.05) is 5.73 Å². The maximum Gasteiger partial charge on any atom is 0.146 e. The van der Waals surface area contributed by atoms with Crippen LogP contribution in [0.5, 0.6) is 0 Å². The van der Waals surface area contributed by atoms with E-state index in [2.05, 4.69) is 31.0 Å². The highest BCUT2D eigenvalue weighted by molar-refractivity contribution is 5.27. The van der Waals surface area contributed by atoms with Crippen LogP contribution in [0.2, 0.25) is 0 Å². The molecule has 3 nitrogen and oxygen atoms in total. The van der Waals surface area contributed by atoms with Crippen LogP contribution in [-0.2, 0) is 5.41 Å². The Morgan fingerprint density at radius 3 is 2.23 bits per heavy atom. The molecule has 0 radical (unpaired) electrons. The highest BCUT2D eigenvalue weighted by atomic mass is 15.1. The molecule has 1 heterocycles. The molecule has 3 heteroatoms. The normalized spacial score (nSPS) is 11.6. The van der Waals surface area contributed by atoms with Gasteiger partial charge in [-0.05, 0) is 25.0 Å². The van der Waals surface area contributed by atoms with Gasteiger partial charge >= 0.3 is 0 Å². The molecule has 0 aliphatic heterocycles. The Hall–Kier alpha value is -1.12. The molecule has 0 aromatic carbocycles. The molecule has 72 valence electrons. The molecular weight excluding hydrogens is 162 g/mol. The van der Waals surface area contributed by atoms with Crippen molar-refractivity contribution in [3.05, 3.63) is 17.8 Å². The van der Waals surface area contributed by atoms with Gasteiger partial charge in [-0.25, -0.2) is 0 Å². The number of anilines is 1. The zero-order chi connectivity index (χ0) is 9.90. The van der Waals surface area contributed by atoms with Crippen LogP contribution in [0.15, 0.2) is 12.1 Å². The van der Waals surface area contributed by atoms with Gasteiger partial charge in [-0.3, -0.25) is 0 Å². The number of aromatic nitrogens is 2. The quantitative estimate of drug-likeness (QED) is 0.773. The van der Waals surface area contributed by atoms with Gasteiger partial charge in [0.15, 0.2) is 0 Å². The Balaban J connectivity index is 2.99. The predicted octanol–water partition coefficient (Wildman–Crippen LogP) is 2.14. The molecule has 0 spiro atoms. The average molecular weight is 179 g/mol. The van der Waals surface area contributed by atoms with E-state index in [0.717, 1.165) is 18.5 Å². The molecule has 0 saturated carbocycles. The van der Waals surface area contributed by atoms with Crippen LogP contribution in [0, 0.1) is 0 Å². The number of rotatable bonds is 3. The number of nitrogens with zero attached hydrogens (tertiary/aromatic N) is 2. The molecule has 0 aliphatic carbocycles. The van der Waals surface area contributed by atoms with E-state index in [0.29, 0.717) is 5.82 Å². The number of hydrogen-bond acceptors (Lipinski definition) is 3. The summed E-state index contributed by atoms with van der Waals surface area (Å²) in [7, 11) is 0.